The molecule has 0 unspecified atom stereocenters. The molecule has 0 spiro atoms. The molecule has 0 saturated carbocycles. The van der Waals surface area contributed by atoms with Gasteiger partial charge >= 0.3 is 0 Å². The normalized spacial score (nSPS) is 11.0. The van der Waals surface area contributed by atoms with E-state index in [9.17, 15) is 4.79 Å². The Morgan fingerprint density at radius 1 is 1.50 bits per heavy atom. The fourth-order valence-corrected chi connectivity index (χ4v) is 0.918. The maximum Gasteiger partial charge on any atom is 0.246 e. The van der Waals surface area contributed by atoms with E-state index >= 15 is 0 Å². The van der Waals surface area contributed by atoms with Gasteiger partial charge in [-0.05, 0) is 27.2 Å². The lowest BCUT2D eigenvalue weighted by Crippen LogP contribution is -2.43. The maximum atomic E-state index is 11.2. The summed E-state index contributed by atoms with van der Waals surface area (Å²) in [6, 6.07) is 0. The molecule has 0 aliphatic carbocycles. The number of carbonyl (C=O) groups is 1. The zero-order valence-corrected chi connectivity index (χ0v) is 8.24. The van der Waals surface area contributed by atoms with Gasteiger partial charge < -0.3 is 5.32 Å². The van der Waals surface area contributed by atoms with E-state index in [0.717, 1.165) is 12.8 Å². The van der Waals surface area contributed by atoms with Crippen molar-refractivity contribution >= 4 is 5.91 Å². The quantitative estimate of drug-likeness (QED) is 0.640. The lowest BCUT2D eigenvalue weighted by atomic mass is 9.98. The van der Waals surface area contributed by atoms with Crippen LogP contribution in [-0.2, 0) is 4.79 Å². The lowest BCUT2D eigenvalue weighted by Gasteiger charge is -2.25. The molecule has 2 heteroatoms. The van der Waals surface area contributed by atoms with Crippen LogP contribution in [0.4, 0.5) is 0 Å². The minimum atomic E-state index is -0.169. The van der Waals surface area contributed by atoms with Crippen LogP contribution in [0.2, 0.25) is 0 Å². The van der Waals surface area contributed by atoms with Gasteiger partial charge in [-0.2, -0.15) is 0 Å². The van der Waals surface area contributed by atoms with Gasteiger partial charge in [0.1, 0.15) is 0 Å². The fraction of sp³-hybridized carbons (Fsp3) is 0.600. The summed E-state index contributed by atoms with van der Waals surface area (Å²) in [5.41, 5.74) is 0.379. The summed E-state index contributed by atoms with van der Waals surface area (Å²) in [5, 5.41) is 2.88. The molecule has 2 nitrogen and oxygen atoms in total. The molecule has 0 aliphatic heterocycles. The van der Waals surface area contributed by atoms with Gasteiger partial charge in [-0.1, -0.05) is 19.9 Å². The smallest absolute Gasteiger partial charge is 0.246 e. The highest BCUT2D eigenvalue weighted by Crippen LogP contribution is 2.10. The van der Waals surface area contributed by atoms with Crippen molar-refractivity contribution in [3.8, 4) is 0 Å². The number of nitrogens with one attached hydrogen (secondary N) is 1. The molecular weight excluding hydrogens is 150 g/mol. The van der Waals surface area contributed by atoms with Crippen molar-refractivity contribution in [2.45, 2.75) is 39.2 Å². The number of hydrogen-bond donors (Lipinski definition) is 1. The van der Waals surface area contributed by atoms with E-state index in [0.29, 0.717) is 5.57 Å². The molecular formula is C10H18NO. The molecule has 0 rings (SSSR count). The van der Waals surface area contributed by atoms with Gasteiger partial charge in [0.2, 0.25) is 5.91 Å². The van der Waals surface area contributed by atoms with Crippen LogP contribution in [0.5, 0.6) is 0 Å². The Hall–Kier alpha value is -0.790. The van der Waals surface area contributed by atoms with Crippen LogP contribution in [0.1, 0.15) is 33.6 Å². The minimum Gasteiger partial charge on any atom is -0.347 e. The Balaban J connectivity index is 4.05. The average Bonchev–Trinajstić information content (AvgIpc) is 1.85. The van der Waals surface area contributed by atoms with Crippen LogP contribution in [0.25, 0.3) is 0 Å². The van der Waals surface area contributed by atoms with E-state index in [2.05, 4.69) is 18.8 Å². The predicted molar refractivity (Wildman–Crippen MR) is 51.6 cm³/mol. The molecule has 1 radical (unpaired) electrons. The Morgan fingerprint density at radius 2 is 2.00 bits per heavy atom. The van der Waals surface area contributed by atoms with Crippen molar-refractivity contribution in [1.82, 2.24) is 5.32 Å². The van der Waals surface area contributed by atoms with E-state index in [-0.39, 0.29) is 11.4 Å². The SMILES string of the molecule is [CH2]CCC(C)(C)NC(=O)C(=C)C. The largest absolute Gasteiger partial charge is 0.347 e. The summed E-state index contributed by atoms with van der Waals surface area (Å²) in [4.78, 5) is 11.2. The number of hydrogen-bond acceptors (Lipinski definition) is 1. The van der Waals surface area contributed by atoms with Crippen LogP contribution in [0.3, 0.4) is 0 Å². The summed E-state index contributed by atoms with van der Waals surface area (Å²) in [6.45, 7) is 13.0. The number of carbonyl (C=O) groups excluding carboxylic acids is 1. The van der Waals surface area contributed by atoms with E-state index in [1.54, 1.807) is 6.92 Å². The summed E-state index contributed by atoms with van der Waals surface area (Å²) in [5.74, 6) is -0.0755. The summed E-state index contributed by atoms with van der Waals surface area (Å²) in [7, 11) is 0. The van der Waals surface area contributed by atoms with Gasteiger partial charge in [-0.3, -0.25) is 4.79 Å². The Kier molecular flexibility index (Phi) is 4.01. The molecule has 0 aromatic heterocycles. The molecule has 0 heterocycles. The molecule has 0 aliphatic rings. The van der Waals surface area contributed by atoms with Crippen molar-refractivity contribution < 1.29 is 4.79 Å². The number of amides is 1. The van der Waals surface area contributed by atoms with Gasteiger partial charge in [-0.25, -0.2) is 0 Å². The molecule has 0 bridgehead atoms. The molecule has 12 heavy (non-hydrogen) atoms. The zero-order chi connectivity index (χ0) is 9.78. The van der Waals surface area contributed by atoms with Crippen LogP contribution in [-0.4, -0.2) is 11.4 Å². The van der Waals surface area contributed by atoms with Crippen LogP contribution in [0, 0.1) is 6.92 Å². The van der Waals surface area contributed by atoms with Gasteiger partial charge in [0.05, 0.1) is 0 Å². The Bertz CT molecular complexity index is 182. The first-order valence-corrected chi connectivity index (χ1v) is 4.16. The van der Waals surface area contributed by atoms with Crippen molar-refractivity contribution in [2.24, 2.45) is 0 Å². The number of rotatable bonds is 4. The lowest BCUT2D eigenvalue weighted by molar-refractivity contribution is -0.119. The van der Waals surface area contributed by atoms with Gasteiger partial charge in [0, 0.05) is 11.1 Å². The first-order chi connectivity index (χ1) is 5.39. The van der Waals surface area contributed by atoms with Gasteiger partial charge in [0.25, 0.3) is 0 Å². The zero-order valence-electron chi connectivity index (χ0n) is 8.24. The van der Waals surface area contributed by atoms with E-state index in [1.165, 1.54) is 0 Å². The highest BCUT2D eigenvalue weighted by molar-refractivity contribution is 5.92. The highest BCUT2D eigenvalue weighted by Gasteiger charge is 2.18. The highest BCUT2D eigenvalue weighted by atomic mass is 16.1. The fourth-order valence-electron chi connectivity index (χ4n) is 0.918. The monoisotopic (exact) mass is 168 g/mol. The van der Waals surface area contributed by atoms with Crippen LogP contribution in [0.15, 0.2) is 12.2 Å². The third kappa shape index (κ3) is 4.16. The third-order valence-corrected chi connectivity index (χ3v) is 1.64. The Morgan fingerprint density at radius 3 is 2.33 bits per heavy atom. The second-order valence-corrected chi connectivity index (χ2v) is 3.72. The summed E-state index contributed by atoms with van der Waals surface area (Å²) >= 11 is 0. The maximum absolute atomic E-state index is 11.2. The second-order valence-electron chi connectivity index (χ2n) is 3.72. The molecule has 1 N–H and O–H groups in total. The van der Waals surface area contributed by atoms with E-state index in [1.807, 2.05) is 13.8 Å². The van der Waals surface area contributed by atoms with Crippen molar-refractivity contribution in [2.75, 3.05) is 0 Å². The summed E-state index contributed by atoms with van der Waals surface area (Å²) in [6.07, 6.45) is 1.70. The molecule has 0 saturated heterocycles. The first kappa shape index (κ1) is 11.2. The van der Waals surface area contributed by atoms with Crippen molar-refractivity contribution in [3.05, 3.63) is 19.1 Å². The first-order valence-electron chi connectivity index (χ1n) is 4.16. The minimum absolute atomic E-state index is 0.0755. The second kappa shape index (κ2) is 4.29. The standard InChI is InChI=1S/C10H18NO/c1-6-7-10(4,5)11-9(12)8(2)3/h1-2,6-7H2,3-5H3,(H,11,12). The summed E-state index contributed by atoms with van der Waals surface area (Å²) < 4.78 is 0. The molecule has 0 aromatic carbocycles. The van der Waals surface area contributed by atoms with E-state index in [4.69, 9.17) is 0 Å². The van der Waals surface area contributed by atoms with Crippen LogP contribution < -0.4 is 5.32 Å². The molecule has 0 atom stereocenters. The molecule has 0 fully saturated rings. The predicted octanol–water partition coefficient (Wildman–Crippen LogP) is 2.07. The van der Waals surface area contributed by atoms with Crippen molar-refractivity contribution in [3.63, 3.8) is 0 Å². The topological polar surface area (TPSA) is 29.1 Å². The molecule has 0 aromatic rings. The average molecular weight is 168 g/mol. The van der Waals surface area contributed by atoms with Crippen molar-refractivity contribution in [1.29, 1.82) is 0 Å². The van der Waals surface area contributed by atoms with Gasteiger partial charge in [-0.15, -0.1) is 0 Å². The Labute approximate surface area is 75.0 Å². The molecule has 1 amide bonds. The molecule has 69 valence electrons. The van der Waals surface area contributed by atoms with E-state index < -0.39 is 0 Å². The van der Waals surface area contributed by atoms with Crippen LogP contribution >= 0.6 is 0 Å². The third-order valence-electron chi connectivity index (χ3n) is 1.64. The van der Waals surface area contributed by atoms with Gasteiger partial charge in [0.15, 0.2) is 0 Å².